The van der Waals surface area contributed by atoms with Crippen molar-refractivity contribution in [3.05, 3.63) is 47.7 Å². The number of anilines is 3. The number of piperidine rings is 2. The number of fused-ring (bicyclic) bond motifs is 5. The van der Waals surface area contributed by atoms with Crippen molar-refractivity contribution >= 4 is 40.7 Å². The van der Waals surface area contributed by atoms with Gasteiger partial charge in [0.1, 0.15) is 5.82 Å². The van der Waals surface area contributed by atoms with Crippen LogP contribution in [-0.4, -0.2) is 79.4 Å². The number of benzene rings is 1. The summed E-state index contributed by atoms with van der Waals surface area (Å²) in [6.07, 6.45) is 9.18. The van der Waals surface area contributed by atoms with Gasteiger partial charge in [0, 0.05) is 67.2 Å². The molecule has 2 saturated heterocycles. The van der Waals surface area contributed by atoms with Gasteiger partial charge < -0.3 is 24.4 Å². The highest BCUT2D eigenvalue weighted by Crippen LogP contribution is 2.32. The van der Waals surface area contributed by atoms with E-state index in [-0.39, 0.29) is 6.61 Å². The molecule has 1 aromatic carbocycles. The summed E-state index contributed by atoms with van der Waals surface area (Å²) < 4.78 is 9.74. The highest BCUT2D eigenvalue weighted by Gasteiger charge is 2.26. The Labute approximate surface area is 229 Å². The van der Waals surface area contributed by atoms with Gasteiger partial charge in [0.15, 0.2) is 5.84 Å². The molecule has 1 aromatic heterocycles. The molecule has 6 heterocycles. The zero-order valence-electron chi connectivity index (χ0n) is 22.0. The number of aliphatic imine (C=N–C) groups is 2. The maximum absolute atomic E-state index is 9.18. The van der Waals surface area contributed by atoms with E-state index in [1.807, 2.05) is 12.3 Å². The Hall–Kier alpha value is -2.62. The van der Waals surface area contributed by atoms with Crippen molar-refractivity contribution in [2.75, 3.05) is 66.2 Å². The fourth-order valence-corrected chi connectivity index (χ4v) is 6.54. The molecule has 0 amide bonds. The number of rotatable bonds is 4. The van der Waals surface area contributed by atoms with E-state index in [1.165, 1.54) is 36.9 Å². The average Bonchev–Trinajstić information content (AvgIpc) is 3.46. The molecular formula is C29H38N6O2S. The van der Waals surface area contributed by atoms with Gasteiger partial charge in [-0.2, -0.15) is 0 Å². The van der Waals surface area contributed by atoms with E-state index in [0.29, 0.717) is 24.3 Å². The van der Waals surface area contributed by atoms with E-state index in [4.69, 9.17) is 19.7 Å². The van der Waals surface area contributed by atoms with Crippen LogP contribution in [0.1, 0.15) is 49.7 Å². The maximum Gasteiger partial charge on any atom is 0.155 e. The summed E-state index contributed by atoms with van der Waals surface area (Å²) in [5, 5.41) is 9.18. The molecule has 38 heavy (non-hydrogen) atoms. The zero-order valence-corrected chi connectivity index (χ0v) is 22.8. The Kier molecular flexibility index (Phi) is 8.13. The summed E-state index contributed by atoms with van der Waals surface area (Å²) in [4.78, 5) is 19.6. The van der Waals surface area contributed by atoms with Gasteiger partial charge >= 0.3 is 0 Å². The van der Waals surface area contributed by atoms with E-state index < -0.39 is 0 Å². The van der Waals surface area contributed by atoms with Crippen LogP contribution in [0.5, 0.6) is 0 Å². The summed E-state index contributed by atoms with van der Waals surface area (Å²) in [7, 11) is 0. The topological polar surface area (TPSA) is 85.6 Å². The standard InChI is InChI=1S/C29H38N6O2S/c36-14-16-38-33-23-5-6-25-26-19-31-29(32-26)22-7-10-30-28(17-22)35-11-1-3-21(20-35)4-2-15-37-24-8-12-34(13-9-24)27(25)18-23/h5-7,10,17-18,21,24,33,36H,1-4,8-9,11-16,19-20H2. The molecule has 8 nitrogen and oxygen atoms in total. The molecule has 0 aliphatic carbocycles. The van der Waals surface area contributed by atoms with Crippen molar-refractivity contribution in [3.8, 4) is 0 Å². The predicted molar refractivity (Wildman–Crippen MR) is 157 cm³/mol. The van der Waals surface area contributed by atoms with Crippen molar-refractivity contribution in [1.29, 1.82) is 0 Å². The van der Waals surface area contributed by atoms with Crippen molar-refractivity contribution in [3.63, 3.8) is 0 Å². The highest BCUT2D eigenvalue weighted by atomic mass is 32.2. The smallest absolute Gasteiger partial charge is 0.155 e. The predicted octanol–water partition coefficient (Wildman–Crippen LogP) is 4.38. The van der Waals surface area contributed by atoms with Gasteiger partial charge in [-0.15, -0.1) is 0 Å². The van der Waals surface area contributed by atoms with Gasteiger partial charge in [-0.05, 0) is 74.8 Å². The Bertz CT molecular complexity index is 1180. The fourth-order valence-electron chi connectivity index (χ4n) is 6.05. The van der Waals surface area contributed by atoms with Crippen molar-refractivity contribution < 1.29 is 9.84 Å². The normalized spacial score (nSPS) is 23.6. The van der Waals surface area contributed by atoms with E-state index in [0.717, 1.165) is 86.2 Å². The van der Waals surface area contributed by atoms with Gasteiger partial charge in [0.25, 0.3) is 0 Å². The summed E-state index contributed by atoms with van der Waals surface area (Å²) in [6, 6.07) is 10.7. The van der Waals surface area contributed by atoms with Gasteiger partial charge in [-0.25, -0.2) is 9.98 Å². The van der Waals surface area contributed by atoms with Gasteiger partial charge in [0.05, 0.1) is 25.0 Å². The number of aliphatic hydroxyl groups excluding tert-OH is 1. The number of hydrogen-bond acceptors (Lipinski definition) is 9. The first-order chi connectivity index (χ1) is 18.8. The molecule has 9 heteroatoms. The number of pyridine rings is 1. The van der Waals surface area contributed by atoms with Crippen molar-refractivity contribution in [1.82, 2.24) is 4.98 Å². The third kappa shape index (κ3) is 5.84. The molecule has 2 N–H and O–H groups in total. The zero-order chi connectivity index (χ0) is 25.7. The average molecular weight is 535 g/mol. The maximum atomic E-state index is 9.18. The molecule has 5 aliphatic heterocycles. The van der Waals surface area contributed by atoms with Crippen LogP contribution in [0.15, 0.2) is 46.5 Å². The minimum absolute atomic E-state index is 0.155. The molecular weight excluding hydrogens is 496 g/mol. The molecule has 0 saturated carbocycles. The third-order valence-electron chi connectivity index (χ3n) is 8.05. The second-order valence-electron chi connectivity index (χ2n) is 10.7. The van der Waals surface area contributed by atoms with Crippen molar-refractivity contribution in [2.45, 2.75) is 44.6 Å². The molecule has 7 rings (SSSR count). The number of nitrogens with zero attached hydrogens (tertiary/aromatic N) is 5. The lowest BCUT2D eigenvalue weighted by atomic mass is 9.93. The Morgan fingerprint density at radius 2 is 1.92 bits per heavy atom. The molecule has 1 atom stereocenters. The summed E-state index contributed by atoms with van der Waals surface area (Å²) in [6.45, 7) is 5.66. The number of aromatic nitrogens is 1. The molecule has 2 aromatic rings. The second kappa shape index (κ2) is 12.1. The summed E-state index contributed by atoms with van der Waals surface area (Å²) in [5.74, 6) is 3.18. The van der Waals surface area contributed by atoms with E-state index in [1.54, 1.807) is 0 Å². The van der Waals surface area contributed by atoms with Crippen molar-refractivity contribution in [2.24, 2.45) is 15.9 Å². The van der Waals surface area contributed by atoms with Crippen LogP contribution in [0.25, 0.3) is 0 Å². The lowest BCUT2D eigenvalue weighted by molar-refractivity contribution is 0.0330. The number of aliphatic hydroxyl groups is 1. The number of nitrogens with one attached hydrogen (secondary N) is 1. The first-order valence-corrected chi connectivity index (χ1v) is 15.1. The SMILES string of the molecule is OCCSNc1ccc2c(c1)N1CCC(CC1)OCCCC1CCCN(C1)c1cc(ccn1)C1=NCC2=N1. The molecule has 0 radical (unpaired) electrons. The van der Waals surface area contributed by atoms with Crippen LogP contribution in [-0.2, 0) is 4.74 Å². The molecule has 5 aliphatic rings. The monoisotopic (exact) mass is 534 g/mol. The minimum atomic E-state index is 0.155. The van der Waals surface area contributed by atoms with E-state index in [9.17, 15) is 5.11 Å². The Morgan fingerprint density at radius 1 is 1.03 bits per heavy atom. The van der Waals surface area contributed by atoms with Gasteiger partial charge in [-0.3, -0.25) is 4.99 Å². The molecule has 1 unspecified atom stereocenters. The molecule has 8 bridgehead atoms. The molecule has 202 valence electrons. The molecule has 0 spiro atoms. The highest BCUT2D eigenvalue weighted by molar-refractivity contribution is 8.00. The lowest BCUT2D eigenvalue weighted by Gasteiger charge is -2.35. The third-order valence-corrected chi connectivity index (χ3v) is 8.82. The number of ether oxygens (including phenoxy) is 1. The lowest BCUT2D eigenvalue weighted by Crippen LogP contribution is -2.38. The summed E-state index contributed by atoms with van der Waals surface area (Å²) in [5.41, 5.74) is 5.43. The largest absolute Gasteiger partial charge is 0.395 e. The van der Waals surface area contributed by atoms with E-state index in [2.05, 4.69) is 38.8 Å². The summed E-state index contributed by atoms with van der Waals surface area (Å²) >= 11 is 1.52. The first-order valence-electron chi connectivity index (χ1n) is 14.1. The second-order valence-corrected chi connectivity index (χ2v) is 11.6. The van der Waals surface area contributed by atoms with Crippen LogP contribution >= 0.6 is 11.9 Å². The van der Waals surface area contributed by atoms with Crippen LogP contribution < -0.4 is 14.5 Å². The number of amidine groups is 1. The van der Waals surface area contributed by atoms with Crippen LogP contribution in [0.2, 0.25) is 0 Å². The van der Waals surface area contributed by atoms with E-state index >= 15 is 0 Å². The Balaban J connectivity index is 1.32. The van der Waals surface area contributed by atoms with Crippen LogP contribution in [0, 0.1) is 5.92 Å². The van der Waals surface area contributed by atoms with Crippen LogP contribution in [0.3, 0.4) is 0 Å². The number of hydrogen-bond donors (Lipinski definition) is 2. The Morgan fingerprint density at radius 3 is 2.82 bits per heavy atom. The quantitative estimate of drug-likeness (QED) is 0.445. The van der Waals surface area contributed by atoms with Crippen LogP contribution in [0.4, 0.5) is 17.2 Å². The minimum Gasteiger partial charge on any atom is -0.395 e. The molecule has 2 fully saturated rings. The van der Waals surface area contributed by atoms with Gasteiger partial charge in [-0.1, -0.05) is 11.9 Å². The first kappa shape index (κ1) is 25.6. The van der Waals surface area contributed by atoms with Gasteiger partial charge in [0.2, 0.25) is 0 Å². The fraction of sp³-hybridized carbons (Fsp3) is 0.552.